The van der Waals surface area contributed by atoms with Crippen LogP contribution in [0.2, 0.25) is 0 Å². The average molecular weight is 438 g/mol. The molecular formula is C20H21F3N4O2S. The van der Waals surface area contributed by atoms with Crippen LogP contribution in [-0.4, -0.2) is 37.8 Å². The number of benzene rings is 1. The summed E-state index contributed by atoms with van der Waals surface area (Å²) in [6.07, 6.45) is 1.22. The summed E-state index contributed by atoms with van der Waals surface area (Å²) in [4.78, 5) is 8.90. The quantitative estimate of drug-likeness (QED) is 0.625. The van der Waals surface area contributed by atoms with Gasteiger partial charge in [0.2, 0.25) is 0 Å². The van der Waals surface area contributed by atoms with E-state index in [1.54, 1.807) is 11.3 Å². The van der Waals surface area contributed by atoms with E-state index in [-0.39, 0.29) is 5.54 Å². The maximum absolute atomic E-state index is 10.6. The lowest BCUT2D eigenvalue weighted by molar-refractivity contribution is -0.192. The molecule has 3 aromatic rings. The monoisotopic (exact) mass is 438 g/mol. The number of thiophene rings is 1. The first-order valence-electron chi connectivity index (χ1n) is 9.24. The summed E-state index contributed by atoms with van der Waals surface area (Å²) >= 11 is 1.72. The van der Waals surface area contributed by atoms with Gasteiger partial charge >= 0.3 is 12.1 Å². The lowest BCUT2D eigenvalue weighted by atomic mass is 9.75. The molecule has 0 spiro atoms. The molecular weight excluding hydrogens is 417 g/mol. The van der Waals surface area contributed by atoms with Gasteiger partial charge in [-0.1, -0.05) is 29.5 Å². The fourth-order valence-corrected chi connectivity index (χ4v) is 3.75. The average Bonchev–Trinajstić information content (AvgIpc) is 3.33. The van der Waals surface area contributed by atoms with Gasteiger partial charge in [0.05, 0.1) is 12.2 Å². The summed E-state index contributed by atoms with van der Waals surface area (Å²) in [6.45, 7) is 0.745. The molecule has 0 aliphatic heterocycles. The molecule has 4 rings (SSSR count). The first-order valence-corrected chi connectivity index (χ1v) is 10.2. The van der Waals surface area contributed by atoms with Gasteiger partial charge in [-0.15, -0.1) is 5.10 Å². The van der Waals surface area contributed by atoms with Gasteiger partial charge in [-0.05, 0) is 52.8 Å². The van der Waals surface area contributed by atoms with Crippen LogP contribution in [-0.2, 0) is 17.8 Å². The Hall–Kier alpha value is -2.72. The Balaban J connectivity index is 0.000000318. The molecule has 3 N–H and O–H groups in total. The van der Waals surface area contributed by atoms with E-state index < -0.39 is 12.1 Å². The minimum Gasteiger partial charge on any atom is -0.475 e. The summed E-state index contributed by atoms with van der Waals surface area (Å²) in [5, 5.41) is 19.9. The number of nitrogens with zero attached hydrogens (tertiary/aromatic N) is 3. The molecule has 10 heteroatoms. The third-order valence-electron chi connectivity index (χ3n) is 4.86. The highest BCUT2D eigenvalue weighted by Gasteiger charge is 2.38. The zero-order valence-electron chi connectivity index (χ0n) is 16.0. The van der Waals surface area contributed by atoms with E-state index in [0.717, 1.165) is 31.5 Å². The van der Waals surface area contributed by atoms with Crippen molar-refractivity contribution in [2.45, 2.75) is 43.9 Å². The van der Waals surface area contributed by atoms with E-state index in [9.17, 15) is 13.2 Å². The molecule has 2 aromatic heterocycles. The van der Waals surface area contributed by atoms with Crippen molar-refractivity contribution in [1.29, 1.82) is 0 Å². The summed E-state index contributed by atoms with van der Waals surface area (Å²) in [5.74, 6) is -2.76. The highest BCUT2D eigenvalue weighted by molar-refractivity contribution is 7.08. The maximum atomic E-state index is 10.6. The van der Waals surface area contributed by atoms with E-state index >= 15 is 0 Å². The number of hydrogen-bond donors (Lipinski definition) is 2. The summed E-state index contributed by atoms with van der Waals surface area (Å²) < 4.78 is 33.6. The van der Waals surface area contributed by atoms with Crippen LogP contribution in [0.4, 0.5) is 13.2 Å². The van der Waals surface area contributed by atoms with Crippen molar-refractivity contribution in [2.24, 2.45) is 5.73 Å². The van der Waals surface area contributed by atoms with Gasteiger partial charge in [-0.2, -0.15) is 24.5 Å². The Morgan fingerprint density at radius 3 is 2.37 bits per heavy atom. The number of carbonyl (C=O) groups is 1. The van der Waals surface area contributed by atoms with Crippen molar-refractivity contribution in [1.82, 2.24) is 15.0 Å². The number of rotatable bonds is 5. The van der Waals surface area contributed by atoms with Crippen LogP contribution in [0.25, 0.3) is 11.1 Å². The second-order valence-corrected chi connectivity index (χ2v) is 8.09. The Bertz CT molecular complexity index is 965. The molecule has 1 aliphatic carbocycles. The molecule has 160 valence electrons. The Labute approximate surface area is 175 Å². The molecule has 30 heavy (non-hydrogen) atoms. The first-order chi connectivity index (χ1) is 14.1. The number of halogens is 3. The molecule has 0 radical (unpaired) electrons. The van der Waals surface area contributed by atoms with Gasteiger partial charge in [0.1, 0.15) is 0 Å². The maximum Gasteiger partial charge on any atom is 0.490 e. The number of carboxylic acids is 1. The molecule has 1 aliphatic rings. The normalized spacial score (nSPS) is 15.1. The first kappa shape index (κ1) is 22.0. The molecule has 0 unspecified atom stereocenters. The van der Waals surface area contributed by atoms with E-state index in [1.165, 1.54) is 23.1 Å². The SMILES string of the molecule is NC1(Cc2cn(Cc3ccc(-c4ccsc4)cc3)nn2)CCC1.O=C(O)C(F)(F)F. The van der Waals surface area contributed by atoms with Crippen molar-refractivity contribution in [3.63, 3.8) is 0 Å². The molecule has 0 saturated heterocycles. The molecule has 0 bridgehead atoms. The second kappa shape index (κ2) is 8.97. The molecule has 6 nitrogen and oxygen atoms in total. The Morgan fingerprint density at radius 1 is 1.20 bits per heavy atom. The summed E-state index contributed by atoms with van der Waals surface area (Å²) in [5.41, 5.74) is 11.0. The molecule has 0 atom stereocenters. The number of nitrogens with two attached hydrogens (primary N) is 1. The largest absolute Gasteiger partial charge is 0.490 e. The van der Waals surface area contributed by atoms with Crippen LogP contribution in [0.3, 0.4) is 0 Å². The summed E-state index contributed by atoms with van der Waals surface area (Å²) in [6, 6.07) is 10.8. The van der Waals surface area contributed by atoms with E-state index in [2.05, 4.69) is 51.4 Å². The third kappa shape index (κ3) is 5.90. The third-order valence-corrected chi connectivity index (χ3v) is 5.55. The van der Waals surface area contributed by atoms with Crippen LogP contribution in [0.1, 0.15) is 30.5 Å². The van der Waals surface area contributed by atoms with Gasteiger partial charge in [0, 0.05) is 18.2 Å². The van der Waals surface area contributed by atoms with Crippen LogP contribution in [0.5, 0.6) is 0 Å². The van der Waals surface area contributed by atoms with E-state index in [0.29, 0.717) is 0 Å². The Morgan fingerprint density at radius 2 is 1.87 bits per heavy atom. The van der Waals surface area contributed by atoms with Crippen molar-refractivity contribution in [3.05, 3.63) is 58.5 Å². The second-order valence-electron chi connectivity index (χ2n) is 7.31. The summed E-state index contributed by atoms with van der Waals surface area (Å²) in [7, 11) is 0. The van der Waals surface area contributed by atoms with Gasteiger partial charge in [-0.3, -0.25) is 0 Å². The fraction of sp³-hybridized carbons (Fsp3) is 0.350. The van der Waals surface area contributed by atoms with Crippen LogP contribution in [0, 0.1) is 0 Å². The Kier molecular flexibility index (Phi) is 6.57. The highest BCUT2D eigenvalue weighted by Crippen LogP contribution is 2.31. The van der Waals surface area contributed by atoms with Crippen LogP contribution < -0.4 is 5.73 Å². The topological polar surface area (TPSA) is 94.0 Å². The predicted octanol–water partition coefficient (Wildman–Crippen LogP) is 4.11. The van der Waals surface area contributed by atoms with E-state index in [1.807, 2.05) is 10.9 Å². The highest BCUT2D eigenvalue weighted by atomic mass is 32.1. The van der Waals surface area contributed by atoms with E-state index in [4.69, 9.17) is 15.6 Å². The number of aromatic nitrogens is 3. The van der Waals surface area contributed by atoms with Crippen LogP contribution >= 0.6 is 11.3 Å². The van der Waals surface area contributed by atoms with Crippen molar-refractivity contribution < 1.29 is 23.1 Å². The minimum absolute atomic E-state index is 0.0386. The molecule has 1 saturated carbocycles. The number of alkyl halides is 3. The van der Waals surface area contributed by atoms with Crippen LogP contribution in [0.15, 0.2) is 47.3 Å². The van der Waals surface area contributed by atoms with Crippen molar-refractivity contribution in [2.75, 3.05) is 0 Å². The minimum atomic E-state index is -5.08. The van der Waals surface area contributed by atoms with Gasteiger partial charge in [0.15, 0.2) is 0 Å². The van der Waals surface area contributed by atoms with Gasteiger partial charge in [0.25, 0.3) is 0 Å². The van der Waals surface area contributed by atoms with Gasteiger partial charge in [-0.25, -0.2) is 9.48 Å². The lowest BCUT2D eigenvalue weighted by Crippen LogP contribution is -2.48. The molecule has 1 fully saturated rings. The lowest BCUT2D eigenvalue weighted by Gasteiger charge is -2.37. The zero-order valence-corrected chi connectivity index (χ0v) is 16.8. The fourth-order valence-electron chi connectivity index (χ4n) is 3.08. The number of carboxylic acid groups (broad SMARTS) is 1. The number of aliphatic carboxylic acids is 1. The number of hydrogen-bond acceptors (Lipinski definition) is 5. The zero-order chi connectivity index (χ0) is 21.8. The molecule has 1 aromatic carbocycles. The molecule has 0 amide bonds. The van der Waals surface area contributed by atoms with Crippen molar-refractivity contribution >= 4 is 17.3 Å². The van der Waals surface area contributed by atoms with Crippen molar-refractivity contribution in [3.8, 4) is 11.1 Å². The van der Waals surface area contributed by atoms with Gasteiger partial charge < -0.3 is 10.8 Å². The predicted molar refractivity (Wildman–Crippen MR) is 107 cm³/mol. The molecule has 2 heterocycles. The standard InChI is InChI=1S/C18H20N4S.C2HF3O2/c19-18(7-1-8-18)10-17-12-22(21-20-17)11-14-2-4-15(5-3-14)16-6-9-23-13-16;3-2(4,5)1(6)7/h2-6,9,12-13H,1,7-8,10-11,19H2;(H,6,7). The smallest absolute Gasteiger partial charge is 0.475 e.